The zero-order valence-corrected chi connectivity index (χ0v) is 15.8. The van der Waals surface area contributed by atoms with Crippen LogP contribution in [0.5, 0.6) is 11.5 Å². The lowest BCUT2D eigenvalue weighted by atomic mass is 10.1. The van der Waals surface area contributed by atoms with E-state index in [0.29, 0.717) is 28.6 Å². The van der Waals surface area contributed by atoms with Gasteiger partial charge in [0.25, 0.3) is 0 Å². The lowest BCUT2D eigenvalue weighted by molar-refractivity contribution is 0.477. The summed E-state index contributed by atoms with van der Waals surface area (Å²) in [5.41, 5.74) is 1.65. The van der Waals surface area contributed by atoms with Gasteiger partial charge in [-0.15, -0.1) is 0 Å². The van der Waals surface area contributed by atoms with Gasteiger partial charge >= 0.3 is 0 Å². The first kappa shape index (κ1) is 18.5. The predicted octanol–water partition coefficient (Wildman–Crippen LogP) is 4.86. The lowest BCUT2D eigenvalue weighted by Crippen LogP contribution is -2.00. The van der Waals surface area contributed by atoms with Crippen molar-refractivity contribution < 1.29 is 10.2 Å². The molecule has 1 heterocycles. The third kappa shape index (κ3) is 3.88. The first-order valence-electron chi connectivity index (χ1n) is 8.65. The second-order valence-corrected chi connectivity index (χ2v) is 6.92. The molecular weight excluding hydrogens is 384 g/mol. The highest BCUT2D eigenvalue weighted by molar-refractivity contribution is 8.03. The Hall–Kier alpha value is -3.89. The van der Waals surface area contributed by atoms with Crippen LogP contribution in [-0.4, -0.2) is 25.2 Å². The standard InChI is InChI=1S/C22H14N4O2S/c23-13-29-15-11-9-14(10-12-15)20-24-21(16-5-1-3-7-18(16)27)26-22(25-20)17-6-2-4-8-19(17)28/h1-12,27-28H. The molecule has 0 spiro atoms. The van der Waals surface area contributed by atoms with Gasteiger partial charge in [0.2, 0.25) is 0 Å². The van der Waals surface area contributed by atoms with E-state index >= 15 is 0 Å². The Morgan fingerprint density at radius 3 is 1.62 bits per heavy atom. The van der Waals surface area contributed by atoms with Gasteiger partial charge in [0.05, 0.1) is 11.1 Å². The minimum Gasteiger partial charge on any atom is -0.507 e. The Morgan fingerprint density at radius 1 is 0.655 bits per heavy atom. The number of hydrogen-bond acceptors (Lipinski definition) is 7. The van der Waals surface area contributed by atoms with Crippen molar-refractivity contribution in [3.8, 4) is 51.1 Å². The number of nitrogens with zero attached hydrogens (tertiary/aromatic N) is 4. The molecular formula is C22H14N4O2S. The number of nitriles is 1. The number of phenols is 2. The average molecular weight is 398 g/mol. The number of thiocyanates is 1. The average Bonchev–Trinajstić information content (AvgIpc) is 2.75. The normalized spacial score (nSPS) is 10.4. The Kier molecular flexibility index (Phi) is 5.10. The first-order valence-corrected chi connectivity index (χ1v) is 9.46. The van der Waals surface area contributed by atoms with Gasteiger partial charge in [-0.1, -0.05) is 36.4 Å². The van der Waals surface area contributed by atoms with Gasteiger partial charge in [-0.2, -0.15) is 5.26 Å². The third-order valence-corrected chi connectivity index (χ3v) is 4.80. The number of phenolic OH excluding ortho intramolecular Hbond substituents is 2. The molecule has 0 saturated heterocycles. The number of aromatic nitrogens is 3. The maximum atomic E-state index is 10.3. The molecule has 140 valence electrons. The van der Waals surface area contributed by atoms with Crippen molar-refractivity contribution in [1.82, 2.24) is 15.0 Å². The molecule has 7 heteroatoms. The quantitative estimate of drug-likeness (QED) is 0.374. The number of benzene rings is 3. The minimum atomic E-state index is 0.0497. The summed E-state index contributed by atoms with van der Waals surface area (Å²) in [5, 5.41) is 31.4. The fraction of sp³-hybridized carbons (Fsp3) is 0. The summed E-state index contributed by atoms with van der Waals surface area (Å²) in [6.07, 6.45) is 0. The minimum absolute atomic E-state index is 0.0497. The van der Waals surface area contributed by atoms with E-state index in [1.165, 1.54) is 0 Å². The maximum Gasteiger partial charge on any atom is 0.167 e. The van der Waals surface area contributed by atoms with Crippen molar-refractivity contribution in [3.63, 3.8) is 0 Å². The van der Waals surface area contributed by atoms with Gasteiger partial charge in [-0.05, 0) is 48.2 Å². The smallest absolute Gasteiger partial charge is 0.167 e. The van der Waals surface area contributed by atoms with E-state index < -0.39 is 0 Å². The molecule has 6 nitrogen and oxygen atoms in total. The Balaban J connectivity index is 1.90. The molecule has 29 heavy (non-hydrogen) atoms. The molecule has 0 unspecified atom stereocenters. The van der Waals surface area contributed by atoms with Crippen LogP contribution < -0.4 is 0 Å². The SMILES string of the molecule is N#CSc1ccc(-c2nc(-c3ccccc3O)nc(-c3ccccc3O)n2)cc1. The summed E-state index contributed by atoms with van der Waals surface area (Å²) in [6.45, 7) is 0. The summed E-state index contributed by atoms with van der Waals surface area (Å²) < 4.78 is 0. The second-order valence-electron chi connectivity index (χ2n) is 6.06. The van der Waals surface area contributed by atoms with Crippen molar-refractivity contribution in [2.45, 2.75) is 4.90 Å². The molecule has 0 bridgehead atoms. The lowest BCUT2D eigenvalue weighted by Gasteiger charge is -2.10. The van der Waals surface area contributed by atoms with Gasteiger partial charge in [0.1, 0.15) is 16.9 Å². The summed E-state index contributed by atoms with van der Waals surface area (Å²) in [5.74, 6) is 1.08. The van der Waals surface area contributed by atoms with Gasteiger partial charge in [-0.3, -0.25) is 0 Å². The summed E-state index contributed by atoms with van der Waals surface area (Å²) in [7, 11) is 0. The van der Waals surface area contributed by atoms with E-state index in [1.54, 1.807) is 48.5 Å². The molecule has 0 aliphatic heterocycles. The number of rotatable bonds is 4. The fourth-order valence-corrected chi connectivity index (χ4v) is 3.17. The van der Waals surface area contributed by atoms with Crippen LogP contribution in [-0.2, 0) is 0 Å². The van der Waals surface area contributed by atoms with Crippen molar-refractivity contribution in [3.05, 3.63) is 72.8 Å². The molecule has 1 aromatic heterocycles. The molecule has 2 N–H and O–H groups in total. The molecule has 0 amide bonds. The molecule has 0 aliphatic carbocycles. The number of thioether (sulfide) groups is 1. The Bertz CT molecular complexity index is 1160. The third-order valence-electron chi connectivity index (χ3n) is 4.20. The monoisotopic (exact) mass is 398 g/mol. The number of para-hydroxylation sites is 2. The molecule has 0 atom stereocenters. The van der Waals surface area contributed by atoms with Gasteiger partial charge in [-0.25, -0.2) is 15.0 Å². The zero-order valence-electron chi connectivity index (χ0n) is 15.0. The van der Waals surface area contributed by atoms with E-state index in [-0.39, 0.29) is 11.5 Å². The van der Waals surface area contributed by atoms with Crippen LogP contribution in [0.3, 0.4) is 0 Å². The van der Waals surface area contributed by atoms with Crippen molar-refractivity contribution in [2.24, 2.45) is 0 Å². The highest BCUT2D eigenvalue weighted by atomic mass is 32.2. The summed E-state index contributed by atoms with van der Waals surface area (Å²) in [4.78, 5) is 14.4. The first-order chi connectivity index (χ1) is 14.2. The van der Waals surface area contributed by atoms with Crippen molar-refractivity contribution in [2.75, 3.05) is 0 Å². The Labute approximate surface area is 171 Å². The van der Waals surface area contributed by atoms with E-state index in [0.717, 1.165) is 22.2 Å². The molecule has 0 radical (unpaired) electrons. The van der Waals surface area contributed by atoms with Crippen LogP contribution in [0.25, 0.3) is 34.2 Å². The molecule has 0 aliphatic rings. The molecule has 0 fully saturated rings. The zero-order chi connectivity index (χ0) is 20.2. The van der Waals surface area contributed by atoms with Gasteiger partial charge in [0.15, 0.2) is 17.5 Å². The summed E-state index contributed by atoms with van der Waals surface area (Å²) >= 11 is 1.07. The van der Waals surface area contributed by atoms with Gasteiger partial charge in [0, 0.05) is 10.5 Å². The van der Waals surface area contributed by atoms with Crippen LogP contribution in [0.15, 0.2) is 77.7 Å². The largest absolute Gasteiger partial charge is 0.507 e. The van der Waals surface area contributed by atoms with E-state index in [2.05, 4.69) is 15.0 Å². The highest BCUT2D eigenvalue weighted by Crippen LogP contribution is 2.32. The van der Waals surface area contributed by atoms with Crippen LogP contribution in [0.1, 0.15) is 0 Å². The maximum absolute atomic E-state index is 10.3. The van der Waals surface area contributed by atoms with E-state index in [4.69, 9.17) is 5.26 Å². The van der Waals surface area contributed by atoms with Crippen LogP contribution in [0, 0.1) is 10.7 Å². The Morgan fingerprint density at radius 2 is 1.14 bits per heavy atom. The van der Waals surface area contributed by atoms with Crippen molar-refractivity contribution in [1.29, 1.82) is 5.26 Å². The second kappa shape index (κ2) is 8.00. The molecule has 4 rings (SSSR count). The fourth-order valence-electron chi connectivity index (χ4n) is 2.80. The topological polar surface area (TPSA) is 103 Å². The van der Waals surface area contributed by atoms with Crippen molar-refractivity contribution >= 4 is 11.8 Å². The van der Waals surface area contributed by atoms with Crippen LogP contribution >= 0.6 is 11.8 Å². The van der Waals surface area contributed by atoms with Gasteiger partial charge < -0.3 is 10.2 Å². The summed E-state index contributed by atoms with van der Waals surface area (Å²) in [6, 6.07) is 20.8. The number of aromatic hydroxyl groups is 2. The predicted molar refractivity (Wildman–Crippen MR) is 111 cm³/mol. The van der Waals surface area contributed by atoms with E-state index in [9.17, 15) is 10.2 Å². The molecule has 3 aromatic carbocycles. The number of hydrogen-bond donors (Lipinski definition) is 2. The van der Waals surface area contributed by atoms with E-state index in [1.807, 2.05) is 29.7 Å². The van der Waals surface area contributed by atoms with Crippen LogP contribution in [0.4, 0.5) is 0 Å². The molecule has 4 aromatic rings. The highest BCUT2D eigenvalue weighted by Gasteiger charge is 2.16. The van der Waals surface area contributed by atoms with Crippen LogP contribution in [0.2, 0.25) is 0 Å². The molecule has 0 saturated carbocycles.